The van der Waals surface area contributed by atoms with E-state index in [4.69, 9.17) is 0 Å². The quantitative estimate of drug-likeness (QED) is 0.536. The topological polar surface area (TPSA) is 45.4 Å². The average molecular weight is 336 g/mol. The number of aromatic amines is 1. The Morgan fingerprint density at radius 1 is 1.29 bits per heavy atom. The van der Waals surface area contributed by atoms with Gasteiger partial charge in [-0.3, -0.25) is 4.99 Å². The van der Waals surface area contributed by atoms with Gasteiger partial charge in [0.25, 0.3) is 0 Å². The molecule has 24 heavy (non-hydrogen) atoms. The minimum absolute atomic E-state index is 0.603. The van der Waals surface area contributed by atoms with Gasteiger partial charge in [-0.05, 0) is 26.0 Å². The van der Waals surface area contributed by atoms with Crippen LogP contribution >= 0.6 is 11.3 Å². The van der Waals surface area contributed by atoms with Crippen molar-refractivity contribution >= 4 is 17.6 Å². The summed E-state index contributed by atoms with van der Waals surface area (Å²) in [7, 11) is 0. The Morgan fingerprint density at radius 3 is 2.75 bits per heavy atom. The number of hydrogen-bond donors (Lipinski definition) is 1. The number of hydrogen-bond acceptors (Lipinski definition) is 3. The second-order valence-electron chi connectivity index (χ2n) is 5.72. The van der Waals surface area contributed by atoms with Gasteiger partial charge in [0.05, 0.1) is 24.1 Å². The first-order chi connectivity index (χ1) is 11.6. The van der Waals surface area contributed by atoms with Gasteiger partial charge >= 0.3 is 0 Å². The summed E-state index contributed by atoms with van der Waals surface area (Å²) in [6.07, 6.45) is 3.69. The van der Waals surface area contributed by atoms with Crippen LogP contribution in [0.1, 0.15) is 18.2 Å². The third-order valence-corrected chi connectivity index (χ3v) is 4.31. The number of aromatic nitrogens is 2. The molecule has 0 saturated heterocycles. The van der Waals surface area contributed by atoms with E-state index in [9.17, 15) is 0 Å². The largest absolute Gasteiger partial charge is 0.360 e. The summed E-state index contributed by atoms with van der Waals surface area (Å²) in [5.41, 5.74) is 5.37. The lowest BCUT2D eigenvalue weighted by Crippen LogP contribution is -2.13. The second kappa shape index (κ2) is 7.27. The van der Waals surface area contributed by atoms with Gasteiger partial charge in [0.1, 0.15) is 0 Å². The van der Waals surface area contributed by atoms with E-state index in [-0.39, 0.29) is 0 Å². The molecular formula is C19H20N4S. The van der Waals surface area contributed by atoms with Crippen molar-refractivity contribution in [2.75, 3.05) is 6.54 Å². The van der Waals surface area contributed by atoms with Crippen molar-refractivity contribution in [3.05, 3.63) is 76.2 Å². The Kier molecular flexibility index (Phi) is 4.91. The molecule has 2 heterocycles. The minimum Gasteiger partial charge on any atom is -0.360 e. The average Bonchev–Trinajstić information content (AvgIpc) is 3.21. The van der Waals surface area contributed by atoms with Crippen LogP contribution in [0.25, 0.3) is 11.3 Å². The van der Waals surface area contributed by atoms with Crippen molar-refractivity contribution < 1.29 is 0 Å². The number of benzene rings is 1. The monoisotopic (exact) mass is 336 g/mol. The van der Waals surface area contributed by atoms with E-state index in [0.717, 1.165) is 27.3 Å². The van der Waals surface area contributed by atoms with Gasteiger partial charge in [-0.1, -0.05) is 42.0 Å². The fourth-order valence-corrected chi connectivity index (χ4v) is 3.03. The first-order valence-corrected chi connectivity index (χ1v) is 8.61. The van der Waals surface area contributed by atoms with E-state index in [1.54, 1.807) is 11.3 Å². The number of nitrogens with one attached hydrogen (secondary N) is 1. The number of aryl methyl sites for hydroxylation is 1. The molecule has 0 fully saturated rings. The van der Waals surface area contributed by atoms with Crippen LogP contribution in [0.5, 0.6) is 0 Å². The van der Waals surface area contributed by atoms with Crippen LogP contribution in [0.3, 0.4) is 0 Å². The number of nitrogens with zero attached hydrogens (tertiary/aromatic N) is 3. The standard InChI is InChI=1S/C19H20N4S/c1-14(2)11-21-19-23(22-12-17-5-4-10-20-17)18(13-24-19)16-8-6-15(3)7-9-16/h4-10,12-13,20H,1,11H2,2-3H3. The highest BCUT2D eigenvalue weighted by Crippen LogP contribution is 2.20. The predicted molar refractivity (Wildman–Crippen MR) is 102 cm³/mol. The molecule has 3 rings (SSSR count). The zero-order chi connectivity index (χ0) is 16.9. The smallest absolute Gasteiger partial charge is 0.206 e. The summed E-state index contributed by atoms with van der Waals surface area (Å²) >= 11 is 1.59. The van der Waals surface area contributed by atoms with Crippen LogP contribution < -0.4 is 4.80 Å². The Bertz CT molecular complexity index is 909. The Morgan fingerprint density at radius 2 is 2.08 bits per heavy atom. The summed E-state index contributed by atoms with van der Waals surface area (Å²) in [6, 6.07) is 12.4. The zero-order valence-corrected chi connectivity index (χ0v) is 14.7. The molecular weight excluding hydrogens is 316 g/mol. The molecule has 0 atom stereocenters. The maximum atomic E-state index is 4.63. The molecule has 3 aromatic rings. The molecule has 0 radical (unpaired) electrons. The van der Waals surface area contributed by atoms with E-state index in [2.05, 4.69) is 58.2 Å². The normalized spacial score (nSPS) is 12.2. The lowest BCUT2D eigenvalue weighted by molar-refractivity contribution is 0.835. The predicted octanol–water partition coefficient (Wildman–Crippen LogP) is 4.21. The van der Waals surface area contributed by atoms with E-state index in [1.165, 1.54) is 5.56 Å². The summed E-state index contributed by atoms with van der Waals surface area (Å²) in [6.45, 7) is 8.58. The third-order valence-electron chi connectivity index (χ3n) is 3.45. The fourth-order valence-electron chi connectivity index (χ4n) is 2.19. The van der Waals surface area contributed by atoms with E-state index >= 15 is 0 Å². The van der Waals surface area contributed by atoms with Gasteiger partial charge in [0.2, 0.25) is 4.80 Å². The highest BCUT2D eigenvalue weighted by atomic mass is 32.1. The van der Waals surface area contributed by atoms with Crippen molar-refractivity contribution in [2.24, 2.45) is 10.1 Å². The van der Waals surface area contributed by atoms with Crippen molar-refractivity contribution in [3.8, 4) is 11.3 Å². The van der Waals surface area contributed by atoms with E-state index in [1.807, 2.05) is 36.1 Å². The molecule has 1 N–H and O–H groups in total. The van der Waals surface area contributed by atoms with Crippen LogP contribution in [0.2, 0.25) is 0 Å². The molecule has 122 valence electrons. The number of thiazole rings is 1. The van der Waals surface area contributed by atoms with Gasteiger partial charge in [-0.15, -0.1) is 11.3 Å². The molecule has 0 aliphatic rings. The Balaban J connectivity index is 2.06. The highest BCUT2D eigenvalue weighted by Gasteiger charge is 2.07. The minimum atomic E-state index is 0.603. The van der Waals surface area contributed by atoms with Crippen molar-refractivity contribution in [1.82, 2.24) is 9.66 Å². The van der Waals surface area contributed by atoms with Crippen LogP contribution in [0.4, 0.5) is 0 Å². The summed E-state index contributed by atoms with van der Waals surface area (Å²) in [5, 5.41) is 6.72. The van der Waals surface area contributed by atoms with Gasteiger partial charge in [0, 0.05) is 17.1 Å². The first kappa shape index (κ1) is 16.2. The summed E-state index contributed by atoms with van der Waals surface area (Å²) in [5.74, 6) is 0. The van der Waals surface area contributed by atoms with Gasteiger partial charge in [0.15, 0.2) is 0 Å². The molecule has 0 saturated carbocycles. The molecule has 5 heteroatoms. The Labute approximate surface area is 145 Å². The third kappa shape index (κ3) is 3.81. The van der Waals surface area contributed by atoms with Gasteiger partial charge in [-0.2, -0.15) is 5.10 Å². The lowest BCUT2D eigenvalue weighted by atomic mass is 10.1. The van der Waals surface area contributed by atoms with Crippen LogP contribution in [0.15, 0.2) is 70.2 Å². The molecule has 0 amide bonds. The van der Waals surface area contributed by atoms with Crippen molar-refractivity contribution in [2.45, 2.75) is 13.8 Å². The molecule has 0 bridgehead atoms. The van der Waals surface area contributed by atoms with Crippen LogP contribution in [0, 0.1) is 6.92 Å². The number of rotatable bonds is 5. The van der Waals surface area contributed by atoms with Gasteiger partial charge < -0.3 is 4.98 Å². The lowest BCUT2D eigenvalue weighted by Gasteiger charge is -2.04. The van der Waals surface area contributed by atoms with Crippen molar-refractivity contribution in [3.63, 3.8) is 0 Å². The van der Waals surface area contributed by atoms with Gasteiger partial charge in [-0.25, -0.2) is 4.68 Å². The summed E-state index contributed by atoms with van der Waals surface area (Å²) < 4.78 is 1.89. The van der Waals surface area contributed by atoms with E-state index < -0.39 is 0 Å². The zero-order valence-electron chi connectivity index (χ0n) is 13.9. The SMILES string of the molecule is C=C(C)CN=c1scc(-c2ccc(C)cc2)n1N=Cc1ccc[nH]1. The van der Waals surface area contributed by atoms with Crippen molar-refractivity contribution in [1.29, 1.82) is 0 Å². The number of H-pyrrole nitrogens is 1. The molecule has 0 unspecified atom stereocenters. The molecule has 1 aromatic carbocycles. The maximum Gasteiger partial charge on any atom is 0.206 e. The molecule has 4 nitrogen and oxygen atoms in total. The summed E-state index contributed by atoms with van der Waals surface area (Å²) in [4.78, 5) is 8.62. The molecule has 0 aliphatic carbocycles. The first-order valence-electron chi connectivity index (χ1n) is 7.73. The molecule has 0 spiro atoms. The molecule has 2 aromatic heterocycles. The highest BCUT2D eigenvalue weighted by molar-refractivity contribution is 7.07. The maximum absolute atomic E-state index is 4.63. The fraction of sp³-hybridized carbons (Fsp3) is 0.158. The van der Waals surface area contributed by atoms with E-state index in [0.29, 0.717) is 6.54 Å². The van der Waals surface area contributed by atoms with Crippen LogP contribution in [-0.4, -0.2) is 22.4 Å². The second-order valence-corrected chi connectivity index (χ2v) is 6.56. The Hall–Kier alpha value is -2.66. The van der Waals surface area contributed by atoms with Crippen LogP contribution in [-0.2, 0) is 0 Å². The molecule has 0 aliphatic heterocycles.